The minimum absolute atomic E-state index is 0.0215. The number of carbonyl (C=O) groups excluding carboxylic acids is 2. The monoisotopic (exact) mass is 400 g/mol. The first kappa shape index (κ1) is 21.0. The Labute approximate surface area is 170 Å². The van der Waals surface area contributed by atoms with Gasteiger partial charge in [-0.3, -0.25) is 9.59 Å². The number of piperazine rings is 1. The van der Waals surface area contributed by atoms with E-state index in [0.29, 0.717) is 18.8 Å². The van der Waals surface area contributed by atoms with Crippen molar-refractivity contribution in [2.75, 3.05) is 49.9 Å². The second-order valence-electron chi connectivity index (χ2n) is 7.47. The molecule has 29 heavy (non-hydrogen) atoms. The highest BCUT2D eigenvalue weighted by Gasteiger charge is 2.26. The fourth-order valence-corrected chi connectivity index (χ4v) is 3.68. The molecule has 0 aromatic heterocycles. The van der Waals surface area contributed by atoms with Gasteiger partial charge in [0.25, 0.3) is 11.8 Å². The molecular formula is C22H29FN4O2+2. The lowest BCUT2D eigenvalue weighted by molar-refractivity contribution is -1.00. The third kappa shape index (κ3) is 6.37. The number of anilines is 2. The van der Waals surface area contributed by atoms with E-state index < -0.39 is 0 Å². The molecule has 1 aliphatic heterocycles. The zero-order valence-electron chi connectivity index (χ0n) is 16.8. The molecule has 0 atom stereocenters. The van der Waals surface area contributed by atoms with Gasteiger partial charge in [0.2, 0.25) is 0 Å². The summed E-state index contributed by atoms with van der Waals surface area (Å²) < 4.78 is 13.2. The number of para-hydroxylation sites is 1. The van der Waals surface area contributed by atoms with Crippen molar-refractivity contribution in [3.8, 4) is 0 Å². The number of quaternary nitrogens is 2. The number of amides is 2. The predicted molar refractivity (Wildman–Crippen MR) is 111 cm³/mol. The first-order valence-corrected chi connectivity index (χ1v) is 10.1. The first-order chi connectivity index (χ1) is 14.0. The Balaban J connectivity index is 1.41. The topological polar surface area (TPSA) is 67.1 Å². The maximum Gasteiger partial charge on any atom is 0.279 e. The summed E-state index contributed by atoms with van der Waals surface area (Å²) in [5.41, 5.74) is 2.50. The van der Waals surface area contributed by atoms with Gasteiger partial charge in [0.05, 0.1) is 0 Å². The summed E-state index contributed by atoms with van der Waals surface area (Å²) in [7, 11) is 0. The summed E-state index contributed by atoms with van der Waals surface area (Å²) in [6.07, 6.45) is 0.878. The van der Waals surface area contributed by atoms with Crippen LogP contribution in [0, 0.1) is 5.82 Å². The van der Waals surface area contributed by atoms with Gasteiger partial charge in [-0.15, -0.1) is 0 Å². The minimum atomic E-state index is -0.368. The highest BCUT2D eigenvalue weighted by atomic mass is 19.1. The first-order valence-electron chi connectivity index (χ1n) is 10.1. The van der Waals surface area contributed by atoms with E-state index in [1.54, 1.807) is 12.1 Å². The van der Waals surface area contributed by atoms with Crippen LogP contribution in [0.25, 0.3) is 0 Å². The second-order valence-corrected chi connectivity index (χ2v) is 7.47. The Morgan fingerprint density at radius 3 is 2.14 bits per heavy atom. The highest BCUT2D eigenvalue weighted by Crippen LogP contribution is 2.14. The van der Waals surface area contributed by atoms with Crippen LogP contribution < -0.4 is 20.4 Å². The molecule has 1 saturated heterocycles. The quantitative estimate of drug-likeness (QED) is 0.518. The summed E-state index contributed by atoms with van der Waals surface area (Å²) >= 11 is 0. The molecular weight excluding hydrogens is 371 g/mol. The average molecular weight is 400 g/mol. The molecule has 0 radical (unpaired) electrons. The van der Waals surface area contributed by atoms with E-state index in [-0.39, 0.29) is 17.6 Å². The molecule has 0 spiro atoms. The van der Waals surface area contributed by atoms with Gasteiger partial charge in [-0.2, -0.15) is 0 Å². The van der Waals surface area contributed by atoms with E-state index in [1.807, 2.05) is 24.3 Å². The number of benzene rings is 2. The van der Waals surface area contributed by atoms with Gasteiger partial charge in [0, 0.05) is 11.4 Å². The maximum absolute atomic E-state index is 13.2. The minimum Gasteiger partial charge on any atom is -0.321 e. The number of nitrogens with one attached hydrogen (secondary N) is 4. The Kier molecular flexibility index (Phi) is 7.32. The molecule has 4 N–H and O–H groups in total. The van der Waals surface area contributed by atoms with Crippen molar-refractivity contribution in [3.63, 3.8) is 0 Å². The van der Waals surface area contributed by atoms with E-state index in [2.05, 4.69) is 17.6 Å². The fraction of sp³-hybridized carbons (Fsp3) is 0.364. The van der Waals surface area contributed by atoms with Crippen LogP contribution >= 0.6 is 0 Å². The van der Waals surface area contributed by atoms with Gasteiger partial charge >= 0.3 is 0 Å². The van der Waals surface area contributed by atoms with Crippen LogP contribution in [0.1, 0.15) is 12.5 Å². The zero-order chi connectivity index (χ0) is 20.6. The zero-order valence-corrected chi connectivity index (χ0v) is 16.8. The molecule has 2 aromatic rings. The molecule has 6 nitrogen and oxygen atoms in total. The molecule has 154 valence electrons. The molecule has 1 aliphatic rings. The normalized spacial score (nSPS) is 18.8. The number of halogens is 1. The molecule has 2 aromatic carbocycles. The van der Waals surface area contributed by atoms with Crippen molar-refractivity contribution < 1.29 is 23.8 Å². The van der Waals surface area contributed by atoms with Gasteiger partial charge in [-0.05, 0) is 36.2 Å². The Hall–Kier alpha value is -2.77. The van der Waals surface area contributed by atoms with Crippen LogP contribution in [0.4, 0.5) is 15.8 Å². The largest absolute Gasteiger partial charge is 0.321 e. The molecule has 1 fully saturated rings. The lowest BCUT2D eigenvalue weighted by Crippen LogP contribution is -3.28. The smallest absolute Gasteiger partial charge is 0.279 e. The second kappa shape index (κ2) is 10.1. The van der Waals surface area contributed by atoms with Crippen molar-refractivity contribution in [3.05, 3.63) is 59.9 Å². The Morgan fingerprint density at radius 1 is 0.897 bits per heavy atom. The van der Waals surface area contributed by atoms with Gasteiger partial charge in [0.15, 0.2) is 13.1 Å². The van der Waals surface area contributed by atoms with Crippen molar-refractivity contribution in [2.45, 2.75) is 13.3 Å². The van der Waals surface area contributed by atoms with Crippen LogP contribution in [-0.2, 0) is 16.0 Å². The lowest BCUT2D eigenvalue weighted by Gasteiger charge is -2.29. The Morgan fingerprint density at radius 2 is 1.52 bits per heavy atom. The third-order valence-corrected chi connectivity index (χ3v) is 5.27. The number of carbonyl (C=O) groups is 2. The van der Waals surface area contributed by atoms with Crippen LogP contribution in [0.3, 0.4) is 0 Å². The summed E-state index contributed by atoms with van der Waals surface area (Å²) in [5, 5.41) is 5.76. The third-order valence-electron chi connectivity index (χ3n) is 5.27. The SMILES string of the molecule is CCc1ccccc1NC(=O)C[NH+]1CC[NH+](CC(=O)Nc2cccc(F)c2)CC1. The average Bonchev–Trinajstić information content (AvgIpc) is 2.70. The summed E-state index contributed by atoms with van der Waals surface area (Å²) in [6, 6.07) is 13.8. The van der Waals surface area contributed by atoms with Crippen LogP contribution in [-0.4, -0.2) is 51.1 Å². The van der Waals surface area contributed by atoms with E-state index >= 15 is 0 Å². The van der Waals surface area contributed by atoms with Crippen molar-refractivity contribution in [1.29, 1.82) is 0 Å². The van der Waals surface area contributed by atoms with E-state index in [0.717, 1.165) is 43.9 Å². The molecule has 2 amide bonds. The molecule has 0 bridgehead atoms. The van der Waals surface area contributed by atoms with Crippen molar-refractivity contribution in [1.82, 2.24) is 0 Å². The number of hydrogen-bond acceptors (Lipinski definition) is 2. The molecule has 3 rings (SSSR count). The number of aryl methyl sites for hydroxylation is 1. The standard InChI is InChI=1S/C22H27FN4O2/c1-2-17-6-3-4-9-20(17)25-22(29)16-27-12-10-26(11-13-27)15-21(28)24-19-8-5-7-18(23)14-19/h3-9,14H,2,10-13,15-16H2,1H3,(H,24,28)(H,25,29)/p+2. The van der Waals surface area contributed by atoms with Crippen LogP contribution in [0.15, 0.2) is 48.5 Å². The van der Waals surface area contributed by atoms with E-state index in [4.69, 9.17) is 0 Å². The van der Waals surface area contributed by atoms with E-state index in [9.17, 15) is 14.0 Å². The Bertz CT molecular complexity index is 850. The van der Waals surface area contributed by atoms with Gasteiger partial charge in [0.1, 0.15) is 32.0 Å². The van der Waals surface area contributed by atoms with Crippen molar-refractivity contribution >= 4 is 23.2 Å². The van der Waals surface area contributed by atoms with Gasteiger partial charge in [-0.25, -0.2) is 4.39 Å². The molecule has 1 heterocycles. The van der Waals surface area contributed by atoms with Crippen molar-refractivity contribution in [2.24, 2.45) is 0 Å². The van der Waals surface area contributed by atoms with E-state index in [1.165, 1.54) is 21.9 Å². The van der Waals surface area contributed by atoms with Crippen LogP contribution in [0.2, 0.25) is 0 Å². The van der Waals surface area contributed by atoms with Gasteiger partial charge in [-0.1, -0.05) is 31.2 Å². The predicted octanol–water partition coefficient (Wildman–Crippen LogP) is -0.251. The number of rotatable bonds is 7. The molecule has 7 heteroatoms. The molecule has 0 aliphatic carbocycles. The number of hydrogen-bond donors (Lipinski definition) is 4. The maximum atomic E-state index is 13.2. The summed E-state index contributed by atoms with van der Waals surface area (Å²) in [4.78, 5) is 27.0. The summed E-state index contributed by atoms with van der Waals surface area (Å²) in [5.74, 6) is -0.469. The van der Waals surface area contributed by atoms with Crippen LogP contribution in [0.5, 0.6) is 0 Å². The fourth-order valence-electron chi connectivity index (χ4n) is 3.68. The van der Waals surface area contributed by atoms with Gasteiger partial charge < -0.3 is 20.4 Å². The molecule has 0 saturated carbocycles. The lowest BCUT2D eigenvalue weighted by atomic mass is 10.1. The highest BCUT2D eigenvalue weighted by molar-refractivity contribution is 5.92. The summed E-state index contributed by atoms with van der Waals surface area (Å²) in [6.45, 7) is 6.18. The molecule has 0 unspecified atom stereocenters.